The third kappa shape index (κ3) is 3.52. The van der Waals surface area contributed by atoms with Gasteiger partial charge in [0.2, 0.25) is 5.78 Å². The topological polar surface area (TPSA) is 70.5 Å². The predicted octanol–water partition coefficient (Wildman–Crippen LogP) is 6.35. The molecule has 0 radical (unpaired) electrons. The number of nitrogens with zero attached hydrogens (tertiary/aromatic N) is 2. The number of benzene rings is 3. The first-order chi connectivity index (χ1) is 15.9. The van der Waals surface area contributed by atoms with Crippen molar-refractivity contribution >= 4 is 51.1 Å². The van der Waals surface area contributed by atoms with Gasteiger partial charge in [-0.1, -0.05) is 54.1 Å². The van der Waals surface area contributed by atoms with E-state index in [1.165, 1.54) is 16.2 Å². The van der Waals surface area contributed by atoms with Crippen molar-refractivity contribution in [2.24, 2.45) is 0 Å². The van der Waals surface area contributed by atoms with Gasteiger partial charge in [0.15, 0.2) is 5.76 Å². The van der Waals surface area contributed by atoms with Gasteiger partial charge in [-0.15, -0.1) is 11.3 Å². The Bertz CT molecular complexity index is 1450. The standard InChI is InChI=1S/C26H19ClN2O3S/c1-14-25(33-15(2)28-14)23(30)21-22(20-9-5-7-16-6-3-4-8-19(16)20)29(26(32)24(21)31)18-12-10-17(27)11-13-18/h3-13,22,31H,1-2H3. The van der Waals surface area contributed by atoms with E-state index < -0.39 is 23.5 Å². The van der Waals surface area contributed by atoms with Gasteiger partial charge in [-0.2, -0.15) is 0 Å². The van der Waals surface area contributed by atoms with Crippen molar-refractivity contribution in [2.75, 3.05) is 4.90 Å². The summed E-state index contributed by atoms with van der Waals surface area (Å²) in [4.78, 5) is 33.4. The first kappa shape index (κ1) is 21.4. The van der Waals surface area contributed by atoms with Crippen LogP contribution in [0.4, 0.5) is 5.69 Å². The van der Waals surface area contributed by atoms with Crippen molar-refractivity contribution < 1.29 is 14.7 Å². The number of rotatable bonds is 4. The summed E-state index contributed by atoms with van der Waals surface area (Å²) < 4.78 is 0. The zero-order valence-corrected chi connectivity index (χ0v) is 19.4. The van der Waals surface area contributed by atoms with Gasteiger partial charge in [0.25, 0.3) is 5.91 Å². The number of amides is 1. The molecule has 164 valence electrons. The summed E-state index contributed by atoms with van der Waals surface area (Å²) in [7, 11) is 0. The first-order valence-electron chi connectivity index (χ1n) is 10.4. The second-order valence-electron chi connectivity index (χ2n) is 7.86. The average molecular weight is 475 g/mol. The second-order valence-corrected chi connectivity index (χ2v) is 9.50. The van der Waals surface area contributed by atoms with Crippen LogP contribution in [0, 0.1) is 13.8 Å². The van der Waals surface area contributed by atoms with Crippen molar-refractivity contribution in [3.63, 3.8) is 0 Å². The number of halogens is 1. The maximum atomic E-state index is 13.7. The summed E-state index contributed by atoms with van der Waals surface area (Å²) in [6.45, 7) is 3.58. The minimum atomic E-state index is -0.806. The average Bonchev–Trinajstić information content (AvgIpc) is 3.29. The Morgan fingerprint density at radius 1 is 1.03 bits per heavy atom. The Morgan fingerprint density at radius 3 is 2.42 bits per heavy atom. The largest absolute Gasteiger partial charge is 0.503 e. The molecule has 0 fully saturated rings. The van der Waals surface area contributed by atoms with E-state index in [1.807, 2.05) is 49.4 Å². The molecule has 33 heavy (non-hydrogen) atoms. The smallest absolute Gasteiger partial charge is 0.294 e. The number of anilines is 1. The van der Waals surface area contributed by atoms with E-state index >= 15 is 0 Å². The summed E-state index contributed by atoms with van der Waals surface area (Å²) in [5.74, 6) is -1.56. The molecule has 1 atom stereocenters. The molecule has 1 N–H and O–H groups in total. The zero-order valence-electron chi connectivity index (χ0n) is 17.9. The van der Waals surface area contributed by atoms with Gasteiger partial charge in [-0.05, 0) is 54.4 Å². The lowest BCUT2D eigenvalue weighted by Gasteiger charge is -2.28. The van der Waals surface area contributed by atoms with E-state index in [4.69, 9.17) is 11.6 Å². The van der Waals surface area contributed by atoms with Gasteiger partial charge in [-0.3, -0.25) is 14.5 Å². The number of aryl methyl sites for hydroxylation is 2. The van der Waals surface area contributed by atoms with E-state index in [0.717, 1.165) is 21.3 Å². The lowest BCUT2D eigenvalue weighted by molar-refractivity contribution is -0.117. The molecule has 1 amide bonds. The minimum Gasteiger partial charge on any atom is -0.503 e. The fraction of sp³-hybridized carbons (Fsp3) is 0.115. The summed E-state index contributed by atoms with van der Waals surface area (Å²) in [6, 6.07) is 19.5. The molecule has 0 aliphatic carbocycles. The highest BCUT2D eigenvalue weighted by molar-refractivity contribution is 7.14. The van der Waals surface area contributed by atoms with Gasteiger partial charge in [0, 0.05) is 10.7 Å². The fourth-order valence-corrected chi connectivity index (χ4v) is 5.35. The van der Waals surface area contributed by atoms with Crippen LogP contribution >= 0.6 is 22.9 Å². The number of thiazole rings is 1. The Morgan fingerprint density at radius 2 is 1.73 bits per heavy atom. The van der Waals surface area contributed by atoms with Gasteiger partial charge >= 0.3 is 0 Å². The molecule has 5 nitrogen and oxygen atoms in total. The van der Waals surface area contributed by atoms with Crippen LogP contribution in [0.25, 0.3) is 10.8 Å². The number of carbonyl (C=O) groups is 2. The SMILES string of the molecule is Cc1nc(C)c(C(=O)C2=C(O)C(=O)N(c3ccc(Cl)cc3)C2c2cccc3ccccc23)s1. The number of aliphatic hydroxyl groups excluding tert-OH is 1. The maximum Gasteiger partial charge on any atom is 0.294 e. The van der Waals surface area contributed by atoms with Gasteiger partial charge < -0.3 is 5.11 Å². The number of ketones is 1. The van der Waals surface area contributed by atoms with E-state index in [2.05, 4.69) is 4.98 Å². The van der Waals surface area contributed by atoms with Crippen LogP contribution in [0.2, 0.25) is 5.02 Å². The van der Waals surface area contributed by atoms with E-state index in [0.29, 0.717) is 21.3 Å². The number of fused-ring (bicyclic) bond motifs is 1. The molecule has 7 heteroatoms. The summed E-state index contributed by atoms with van der Waals surface area (Å²) in [5, 5.41) is 14.1. The number of hydrogen-bond donors (Lipinski definition) is 1. The number of Topliss-reactive ketones (excluding diaryl/α,β-unsaturated/α-hetero) is 1. The van der Waals surface area contributed by atoms with Gasteiger partial charge in [-0.25, -0.2) is 4.98 Å². The predicted molar refractivity (Wildman–Crippen MR) is 131 cm³/mol. The fourth-order valence-electron chi connectivity index (χ4n) is 4.35. The first-order valence-corrected chi connectivity index (χ1v) is 11.5. The highest BCUT2D eigenvalue weighted by Crippen LogP contribution is 2.44. The van der Waals surface area contributed by atoms with Crippen LogP contribution in [0.3, 0.4) is 0 Å². The third-order valence-electron chi connectivity index (χ3n) is 5.79. The van der Waals surface area contributed by atoms with Crippen LogP contribution in [0.1, 0.15) is 32.0 Å². The van der Waals surface area contributed by atoms with Crippen molar-refractivity contribution in [3.05, 3.63) is 104 Å². The van der Waals surface area contributed by atoms with Crippen molar-refractivity contribution in [3.8, 4) is 0 Å². The Kier molecular flexibility index (Phi) is 5.27. The Labute approximate surface area is 199 Å². The van der Waals surface area contributed by atoms with Crippen LogP contribution in [0.5, 0.6) is 0 Å². The summed E-state index contributed by atoms with van der Waals surface area (Å²) in [5.41, 5.74) is 1.92. The van der Waals surface area contributed by atoms with E-state index in [9.17, 15) is 14.7 Å². The zero-order chi connectivity index (χ0) is 23.3. The quantitative estimate of drug-likeness (QED) is 0.350. The van der Waals surface area contributed by atoms with E-state index in [-0.39, 0.29) is 5.57 Å². The van der Waals surface area contributed by atoms with Crippen LogP contribution in [-0.4, -0.2) is 21.8 Å². The number of aromatic nitrogens is 1. The minimum absolute atomic E-state index is 0.0538. The molecule has 1 aromatic heterocycles. The summed E-state index contributed by atoms with van der Waals surface area (Å²) in [6.07, 6.45) is 0. The Balaban J connectivity index is 1.76. The normalized spacial score (nSPS) is 16.2. The number of hydrogen-bond acceptors (Lipinski definition) is 5. The maximum absolute atomic E-state index is 13.7. The lowest BCUT2D eigenvalue weighted by atomic mass is 9.91. The molecular weight excluding hydrogens is 456 g/mol. The molecule has 0 bridgehead atoms. The van der Waals surface area contributed by atoms with Crippen molar-refractivity contribution in [2.45, 2.75) is 19.9 Å². The summed E-state index contributed by atoms with van der Waals surface area (Å²) >= 11 is 7.33. The molecule has 1 unspecified atom stereocenters. The van der Waals surface area contributed by atoms with E-state index in [1.54, 1.807) is 31.2 Å². The molecule has 3 aromatic carbocycles. The highest BCUT2D eigenvalue weighted by Gasteiger charge is 2.45. The Hall–Kier alpha value is -3.48. The number of aliphatic hydroxyl groups is 1. The molecule has 5 rings (SSSR count). The second kappa shape index (κ2) is 8.14. The third-order valence-corrected chi connectivity index (χ3v) is 7.11. The molecule has 4 aromatic rings. The van der Waals surface area contributed by atoms with Gasteiger partial charge in [0.05, 0.1) is 27.2 Å². The molecular formula is C26H19ClN2O3S. The van der Waals surface area contributed by atoms with Crippen LogP contribution in [-0.2, 0) is 4.79 Å². The van der Waals surface area contributed by atoms with Gasteiger partial charge in [0.1, 0.15) is 0 Å². The lowest BCUT2D eigenvalue weighted by Crippen LogP contribution is -2.31. The van der Waals surface area contributed by atoms with Crippen molar-refractivity contribution in [1.29, 1.82) is 0 Å². The monoisotopic (exact) mass is 474 g/mol. The molecule has 2 heterocycles. The van der Waals surface area contributed by atoms with Crippen molar-refractivity contribution in [1.82, 2.24) is 4.98 Å². The highest BCUT2D eigenvalue weighted by atomic mass is 35.5. The molecule has 0 spiro atoms. The number of carbonyl (C=O) groups excluding carboxylic acids is 2. The van der Waals surface area contributed by atoms with Crippen LogP contribution < -0.4 is 4.90 Å². The van der Waals surface area contributed by atoms with Crippen LogP contribution in [0.15, 0.2) is 78.1 Å². The molecule has 1 aliphatic rings. The molecule has 1 aliphatic heterocycles. The molecule has 0 saturated heterocycles. The molecule has 0 saturated carbocycles.